The van der Waals surface area contributed by atoms with E-state index in [1.807, 2.05) is 19.9 Å². The average molecular weight is 503 g/mol. The maximum atomic E-state index is 12.5. The van der Waals surface area contributed by atoms with Gasteiger partial charge in [0.25, 0.3) is 0 Å². The van der Waals surface area contributed by atoms with E-state index in [1.54, 1.807) is 48.5 Å². The van der Waals surface area contributed by atoms with Crippen molar-refractivity contribution in [2.24, 2.45) is 5.10 Å². The van der Waals surface area contributed by atoms with E-state index in [4.69, 9.17) is 23.7 Å². The van der Waals surface area contributed by atoms with Gasteiger partial charge in [0.2, 0.25) is 0 Å². The lowest BCUT2D eigenvalue weighted by molar-refractivity contribution is 0.0696. The third kappa shape index (κ3) is 6.46. The SMILES string of the molecule is CCOc1ccc2oc(C(=O)N/N=C/c3ccc(OCc4ccc(C(=O)O)cc4)c(OCC)c3)cc2c1. The second-order valence-corrected chi connectivity index (χ2v) is 7.87. The van der Waals surface area contributed by atoms with Gasteiger partial charge in [0.05, 0.1) is 25.0 Å². The lowest BCUT2D eigenvalue weighted by Crippen LogP contribution is -2.16. The zero-order valence-electron chi connectivity index (χ0n) is 20.4. The maximum absolute atomic E-state index is 12.5. The highest BCUT2D eigenvalue weighted by Gasteiger charge is 2.13. The van der Waals surface area contributed by atoms with Crippen LogP contribution in [0, 0.1) is 0 Å². The molecule has 190 valence electrons. The van der Waals surface area contributed by atoms with Gasteiger partial charge >= 0.3 is 11.9 Å². The number of carbonyl (C=O) groups excluding carboxylic acids is 1. The molecule has 0 spiro atoms. The molecule has 0 aliphatic carbocycles. The van der Waals surface area contributed by atoms with Crippen molar-refractivity contribution in [2.75, 3.05) is 13.2 Å². The van der Waals surface area contributed by atoms with Crippen LogP contribution in [0.1, 0.15) is 45.9 Å². The summed E-state index contributed by atoms with van der Waals surface area (Å²) in [5.41, 5.74) is 4.76. The molecule has 37 heavy (non-hydrogen) atoms. The summed E-state index contributed by atoms with van der Waals surface area (Å²) in [7, 11) is 0. The van der Waals surface area contributed by atoms with Gasteiger partial charge < -0.3 is 23.7 Å². The van der Waals surface area contributed by atoms with Crippen molar-refractivity contribution >= 4 is 29.1 Å². The van der Waals surface area contributed by atoms with Gasteiger partial charge in [0, 0.05) is 5.39 Å². The first-order chi connectivity index (χ1) is 18.0. The minimum atomic E-state index is -0.978. The highest BCUT2D eigenvalue weighted by molar-refractivity contribution is 5.96. The molecule has 0 saturated carbocycles. The lowest BCUT2D eigenvalue weighted by atomic mass is 10.1. The van der Waals surface area contributed by atoms with Gasteiger partial charge in [-0.1, -0.05) is 12.1 Å². The Morgan fingerprint density at radius 2 is 1.70 bits per heavy atom. The summed E-state index contributed by atoms with van der Waals surface area (Å²) in [4.78, 5) is 23.5. The first kappa shape index (κ1) is 25.3. The number of benzene rings is 3. The first-order valence-electron chi connectivity index (χ1n) is 11.7. The summed E-state index contributed by atoms with van der Waals surface area (Å²) >= 11 is 0. The number of carboxylic acids is 1. The van der Waals surface area contributed by atoms with Crippen molar-refractivity contribution in [1.82, 2.24) is 5.43 Å². The molecule has 3 aromatic carbocycles. The Labute approximate surface area is 213 Å². The molecule has 9 nitrogen and oxygen atoms in total. The fourth-order valence-corrected chi connectivity index (χ4v) is 3.51. The normalized spacial score (nSPS) is 11.0. The van der Waals surface area contributed by atoms with E-state index in [-0.39, 0.29) is 17.9 Å². The summed E-state index contributed by atoms with van der Waals surface area (Å²) in [5.74, 6) is 0.421. The average Bonchev–Trinajstić information content (AvgIpc) is 3.32. The van der Waals surface area contributed by atoms with Gasteiger partial charge in [-0.15, -0.1) is 0 Å². The van der Waals surface area contributed by atoms with Crippen LogP contribution in [0.3, 0.4) is 0 Å². The zero-order valence-corrected chi connectivity index (χ0v) is 20.4. The monoisotopic (exact) mass is 502 g/mol. The molecule has 0 radical (unpaired) electrons. The smallest absolute Gasteiger partial charge is 0.335 e. The number of carboxylic acid groups (broad SMARTS) is 1. The highest BCUT2D eigenvalue weighted by atomic mass is 16.5. The molecule has 1 amide bonds. The topological polar surface area (TPSA) is 120 Å². The second-order valence-electron chi connectivity index (χ2n) is 7.87. The van der Waals surface area contributed by atoms with Crippen LogP contribution in [0.2, 0.25) is 0 Å². The predicted octanol–water partition coefficient (Wildman–Crippen LogP) is 5.27. The molecule has 9 heteroatoms. The van der Waals surface area contributed by atoms with Crippen LogP contribution >= 0.6 is 0 Å². The van der Waals surface area contributed by atoms with Gasteiger partial charge in [-0.05, 0) is 79.6 Å². The number of amides is 1. The molecule has 2 N–H and O–H groups in total. The van der Waals surface area contributed by atoms with E-state index < -0.39 is 11.9 Å². The molecule has 0 saturated heterocycles. The lowest BCUT2D eigenvalue weighted by Gasteiger charge is -2.12. The van der Waals surface area contributed by atoms with E-state index in [0.717, 1.165) is 10.9 Å². The van der Waals surface area contributed by atoms with Crippen molar-refractivity contribution in [3.05, 3.63) is 89.2 Å². The van der Waals surface area contributed by atoms with Crippen LogP contribution in [0.5, 0.6) is 17.2 Å². The second kappa shape index (κ2) is 11.8. The highest BCUT2D eigenvalue weighted by Crippen LogP contribution is 2.29. The Morgan fingerprint density at radius 3 is 2.43 bits per heavy atom. The van der Waals surface area contributed by atoms with Crippen molar-refractivity contribution < 1.29 is 33.3 Å². The van der Waals surface area contributed by atoms with Crippen LogP contribution in [-0.2, 0) is 6.61 Å². The first-order valence-corrected chi connectivity index (χ1v) is 11.7. The number of fused-ring (bicyclic) bond motifs is 1. The van der Waals surface area contributed by atoms with Crippen LogP contribution in [0.25, 0.3) is 11.0 Å². The van der Waals surface area contributed by atoms with E-state index in [1.165, 1.54) is 18.3 Å². The number of nitrogens with one attached hydrogen (secondary N) is 1. The van der Waals surface area contributed by atoms with E-state index in [2.05, 4.69) is 10.5 Å². The van der Waals surface area contributed by atoms with Gasteiger partial charge in [0.1, 0.15) is 17.9 Å². The van der Waals surface area contributed by atoms with Gasteiger partial charge in [0.15, 0.2) is 17.3 Å². The Bertz CT molecular complexity index is 1420. The van der Waals surface area contributed by atoms with Gasteiger partial charge in [-0.3, -0.25) is 4.79 Å². The zero-order chi connectivity index (χ0) is 26.2. The van der Waals surface area contributed by atoms with Crippen molar-refractivity contribution in [1.29, 1.82) is 0 Å². The summed E-state index contributed by atoms with van der Waals surface area (Å²) in [6, 6.07) is 18.7. The molecule has 0 aliphatic heterocycles. The Hall–Kier alpha value is -4.79. The number of nitrogens with zero attached hydrogens (tertiary/aromatic N) is 1. The van der Waals surface area contributed by atoms with Crippen LogP contribution in [0.15, 0.2) is 76.2 Å². The number of hydrazone groups is 1. The third-order valence-corrected chi connectivity index (χ3v) is 5.27. The van der Waals surface area contributed by atoms with E-state index in [9.17, 15) is 9.59 Å². The summed E-state index contributed by atoms with van der Waals surface area (Å²) in [6.45, 7) is 4.98. The molecule has 4 rings (SSSR count). The number of hydrogen-bond acceptors (Lipinski definition) is 7. The molecule has 1 heterocycles. The molecule has 0 fully saturated rings. The van der Waals surface area contributed by atoms with Crippen LogP contribution < -0.4 is 19.6 Å². The predicted molar refractivity (Wildman–Crippen MR) is 138 cm³/mol. The maximum Gasteiger partial charge on any atom is 0.335 e. The molecule has 0 atom stereocenters. The minimum absolute atomic E-state index is 0.135. The number of ether oxygens (including phenoxy) is 3. The molecular formula is C28H26N2O7. The molecule has 0 bridgehead atoms. The van der Waals surface area contributed by atoms with Crippen molar-refractivity contribution in [2.45, 2.75) is 20.5 Å². The minimum Gasteiger partial charge on any atom is -0.494 e. The van der Waals surface area contributed by atoms with Crippen molar-refractivity contribution in [3.8, 4) is 17.2 Å². The van der Waals surface area contributed by atoms with Gasteiger partial charge in [-0.2, -0.15) is 5.10 Å². The van der Waals surface area contributed by atoms with Crippen molar-refractivity contribution in [3.63, 3.8) is 0 Å². The summed E-state index contributed by atoms with van der Waals surface area (Å²) < 4.78 is 22.7. The largest absolute Gasteiger partial charge is 0.494 e. The van der Waals surface area contributed by atoms with E-state index >= 15 is 0 Å². The molecular weight excluding hydrogens is 476 g/mol. The third-order valence-electron chi connectivity index (χ3n) is 5.27. The number of rotatable bonds is 11. The number of carbonyl (C=O) groups is 2. The molecule has 1 aromatic heterocycles. The number of hydrogen-bond donors (Lipinski definition) is 2. The Morgan fingerprint density at radius 1 is 0.919 bits per heavy atom. The molecule has 4 aromatic rings. The molecule has 0 aliphatic rings. The molecule has 0 unspecified atom stereocenters. The standard InChI is InChI=1S/C28H26N2O7/c1-3-34-22-10-12-23-21(14-22)15-26(37-23)27(31)30-29-16-19-7-11-24(25(13-19)35-4-2)36-17-18-5-8-20(9-6-18)28(32)33/h5-16H,3-4,17H2,1-2H3,(H,30,31)(H,32,33)/b29-16+. The summed E-state index contributed by atoms with van der Waals surface area (Å²) in [5, 5.41) is 13.8. The Kier molecular flexibility index (Phi) is 8.05. The van der Waals surface area contributed by atoms with Crippen LogP contribution in [0.4, 0.5) is 0 Å². The van der Waals surface area contributed by atoms with E-state index in [0.29, 0.717) is 41.6 Å². The van der Waals surface area contributed by atoms with Crippen LogP contribution in [-0.4, -0.2) is 36.4 Å². The number of aromatic carboxylic acids is 1. The fraction of sp³-hybridized carbons (Fsp3) is 0.179. The summed E-state index contributed by atoms with van der Waals surface area (Å²) in [6.07, 6.45) is 1.49. The Balaban J connectivity index is 1.39. The number of furan rings is 1. The quantitative estimate of drug-likeness (QED) is 0.212. The fourth-order valence-electron chi connectivity index (χ4n) is 3.51. The van der Waals surface area contributed by atoms with Gasteiger partial charge in [-0.25, -0.2) is 10.2 Å².